The minimum atomic E-state index is 0.419. The Morgan fingerprint density at radius 3 is 2.53 bits per heavy atom. The fraction of sp³-hybridized carbons (Fsp3) is 0. The molecule has 6 heteroatoms. The molecule has 0 amide bonds. The van der Waals surface area contributed by atoms with E-state index >= 15 is 0 Å². The quantitative estimate of drug-likeness (QED) is 0.640. The van der Waals surface area contributed by atoms with Crippen LogP contribution in [0.15, 0.2) is 34.7 Å². The first-order valence-electron chi connectivity index (χ1n) is 5.35. The molecule has 0 aliphatic heterocycles. The van der Waals surface area contributed by atoms with Crippen molar-refractivity contribution < 1.29 is 4.42 Å². The molecule has 3 nitrogen and oxygen atoms in total. The van der Waals surface area contributed by atoms with E-state index in [-0.39, 0.29) is 0 Å². The average Bonchev–Trinajstić information content (AvgIpc) is 2.76. The number of anilines is 1. The van der Waals surface area contributed by atoms with E-state index in [2.05, 4.69) is 4.98 Å². The molecule has 0 aliphatic rings. The number of oxazole rings is 1. The molecule has 2 N–H and O–H groups in total. The number of hydrogen-bond donors (Lipinski definition) is 1. The van der Waals surface area contributed by atoms with E-state index in [0.717, 1.165) is 5.56 Å². The second-order valence-electron chi connectivity index (χ2n) is 3.99. The molecule has 0 atom stereocenters. The molecule has 3 aromatic rings. The topological polar surface area (TPSA) is 52.0 Å². The van der Waals surface area contributed by atoms with Gasteiger partial charge in [-0.2, -0.15) is 0 Å². The van der Waals surface area contributed by atoms with E-state index in [1.165, 1.54) is 0 Å². The van der Waals surface area contributed by atoms with Crippen LogP contribution in [0.4, 0.5) is 5.69 Å². The fourth-order valence-electron chi connectivity index (χ4n) is 1.76. The van der Waals surface area contributed by atoms with E-state index in [1.54, 1.807) is 30.3 Å². The van der Waals surface area contributed by atoms with Gasteiger partial charge >= 0.3 is 0 Å². The largest absolute Gasteiger partial charge is 0.435 e. The highest BCUT2D eigenvalue weighted by Crippen LogP contribution is 2.33. The smallest absolute Gasteiger partial charge is 0.227 e. The Morgan fingerprint density at radius 1 is 1.00 bits per heavy atom. The van der Waals surface area contributed by atoms with Gasteiger partial charge in [0.05, 0.1) is 15.7 Å². The summed E-state index contributed by atoms with van der Waals surface area (Å²) in [6.45, 7) is 0. The lowest BCUT2D eigenvalue weighted by atomic mass is 10.2. The molecule has 0 unspecified atom stereocenters. The second-order valence-corrected chi connectivity index (χ2v) is 5.24. The number of nitrogens with zero attached hydrogens (tertiary/aromatic N) is 1. The molecular formula is C13H7Cl3N2O. The van der Waals surface area contributed by atoms with Crippen molar-refractivity contribution in [2.75, 3.05) is 5.73 Å². The lowest BCUT2D eigenvalue weighted by Crippen LogP contribution is -1.87. The SMILES string of the molecule is Nc1cc(-c2nc3cc(Cl)cc(Cl)c3o2)ccc1Cl. The third kappa shape index (κ3) is 2.25. The Bertz CT molecular complexity index is 783. The third-order valence-electron chi connectivity index (χ3n) is 2.65. The van der Waals surface area contributed by atoms with Crippen LogP contribution in [-0.4, -0.2) is 4.98 Å². The lowest BCUT2D eigenvalue weighted by molar-refractivity contribution is 0.620. The van der Waals surface area contributed by atoms with Crippen molar-refractivity contribution in [3.63, 3.8) is 0 Å². The molecular weight excluding hydrogens is 307 g/mol. The van der Waals surface area contributed by atoms with Crippen molar-refractivity contribution in [3.05, 3.63) is 45.4 Å². The maximum Gasteiger partial charge on any atom is 0.227 e. The van der Waals surface area contributed by atoms with E-state index in [9.17, 15) is 0 Å². The van der Waals surface area contributed by atoms with Gasteiger partial charge < -0.3 is 10.2 Å². The normalized spacial score (nSPS) is 11.1. The minimum absolute atomic E-state index is 0.419. The molecule has 0 radical (unpaired) electrons. The van der Waals surface area contributed by atoms with Gasteiger partial charge in [-0.3, -0.25) is 0 Å². The first-order chi connectivity index (χ1) is 9.04. The van der Waals surface area contributed by atoms with Crippen molar-refractivity contribution in [3.8, 4) is 11.5 Å². The van der Waals surface area contributed by atoms with Gasteiger partial charge in [0, 0.05) is 10.6 Å². The van der Waals surface area contributed by atoms with Crippen LogP contribution in [0.5, 0.6) is 0 Å². The van der Waals surface area contributed by atoms with Crippen LogP contribution in [0, 0.1) is 0 Å². The summed E-state index contributed by atoms with van der Waals surface area (Å²) >= 11 is 17.9. The molecule has 0 aliphatic carbocycles. The maximum atomic E-state index is 6.06. The molecule has 0 saturated heterocycles. The fourth-order valence-corrected chi connectivity index (χ4v) is 2.40. The van der Waals surface area contributed by atoms with Gasteiger partial charge in [-0.15, -0.1) is 0 Å². The summed E-state index contributed by atoms with van der Waals surface area (Å²) in [6, 6.07) is 8.46. The van der Waals surface area contributed by atoms with Crippen LogP contribution < -0.4 is 5.73 Å². The maximum absolute atomic E-state index is 6.06. The van der Waals surface area contributed by atoms with Crippen molar-refractivity contribution in [1.29, 1.82) is 0 Å². The Balaban J connectivity index is 2.20. The molecule has 0 fully saturated rings. The third-order valence-corrected chi connectivity index (χ3v) is 3.50. The lowest BCUT2D eigenvalue weighted by Gasteiger charge is -1.99. The van der Waals surface area contributed by atoms with Crippen LogP contribution in [0.3, 0.4) is 0 Å². The van der Waals surface area contributed by atoms with Crippen molar-refractivity contribution in [2.24, 2.45) is 0 Å². The first-order valence-corrected chi connectivity index (χ1v) is 6.49. The molecule has 0 spiro atoms. The number of fused-ring (bicyclic) bond motifs is 1. The Kier molecular flexibility index (Phi) is 3.05. The van der Waals surface area contributed by atoms with Gasteiger partial charge in [0.2, 0.25) is 5.89 Å². The van der Waals surface area contributed by atoms with Gasteiger partial charge in [-0.1, -0.05) is 34.8 Å². The zero-order valence-corrected chi connectivity index (χ0v) is 11.7. The van der Waals surface area contributed by atoms with Crippen LogP contribution in [-0.2, 0) is 0 Å². The molecule has 0 bridgehead atoms. The highest BCUT2D eigenvalue weighted by molar-refractivity contribution is 6.38. The zero-order chi connectivity index (χ0) is 13.6. The highest BCUT2D eigenvalue weighted by Gasteiger charge is 2.12. The molecule has 19 heavy (non-hydrogen) atoms. The Labute approximate surface area is 123 Å². The van der Waals surface area contributed by atoms with Crippen LogP contribution >= 0.6 is 34.8 Å². The second kappa shape index (κ2) is 4.60. The molecule has 1 aromatic heterocycles. The minimum Gasteiger partial charge on any atom is -0.435 e. The van der Waals surface area contributed by atoms with E-state index < -0.39 is 0 Å². The van der Waals surface area contributed by atoms with Crippen molar-refractivity contribution in [2.45, 2.75) is 0 Å². The van der Waals surface area contributed by atoms with Gasteiger partial charge in [-0.05, 0) is 30.3 Å². The summed E-state index contributed by atoms with van der Waals surface area (Å²) in [5.41, 5.74) is 8.04. The summed E-state index contributed by atoms with van der Waals surface area (Å²) in [7, 11) is 0. The predicted molar refractivity (Wildman–Crippen MR) is 78.9 cm³/mol. The van der Waals surface area contributed by atoms with Crippen LogP contribution in [0.25, 0.3) is 22.6 Å². The van der Waals surface area contributed by atoms with E-state index in [4.69, 9.17) is 45.0 Å². The summed E-state index contributed by atoms with van der Waals surface area (Å²) in [6.07, 6.45) is 0. The van der Waals surface area contributed by atoms with E-state index in [1.807, 2.05) is 0 Å². The van der Waals surface area contributed by atoms with Crippen LogP contribution in [0.2, 0.25) is 15.1 Å². The van der Waals surface area contributed by atoms with Crippen LogP contribution in [0.1, 0.15) is 0 Å². The number of hydrogen-bond acceptors (Lipinski definition) is 3. The van der Waals surface area contributed by atoms with Gasteiger partial charge in [-0.25, -0.2) is 4.98 Å². The predicted octanol–water partition coefficient (Wildman–Crippen LogP) is 5.04. The monoisotopic (exact) mass is 312 g/mol. The van der Waals surface area contributed by atoms with Gasteiger partial charge in [0.25, 0.3) is 0 Å². The van der Waals surface area contributed by atoms with Crippen molar-refractivity contribution in [1.82, 2.24) is 4.98 Å². The highest BCUT2D eigenvalue weighted by atomic mass is 35.5. The average molecular weight is 314 g/mol. The Hall–Kier alpha value is -1.42. The number of nitrogens with two attached hydrogens (primary N) is 1. The standard InChI is InChI=1S/C13H7Cl3N2O/c14-7-4-9(16)12-11(5-7)18-13(19-12)6-1-2-8(15)10(17)3-6/h1-5H,17H2. The van der Waals surface area contributed by atoms with Crippen molar-refractivity contribution >= 4 is 51.6 Å². The first kappa shape index (κ1) is 12.6. The summed E-state index contributed by atoms with van der Waals surface area (Å²) in [4.78, 5) is 4.34. The number of halogens is 3. The molecule has 1 heterocycles. The summed E-state index contributed by atoms with van der Waals surface area (Å²) in [5, 5.41) is 1.41. The number of aromatic nitrogens is 1. The number of nitrogen functional groups attached to an aromatic ring is 1. The zero-order valence-electron chi connectivity index (χ0n) is 9.45. The van der Waals surface area contributed by atoms with E-state index in [0.29, 0.717) is 37.7 Å². The van der Waals surface area contributed by atoms with Gasteiger partial charge in [0.1, 0.15) is 5.52 Å². The molecule has 2 aromatic carbocycles. The van der Waals surface area contributed by atoms with Gasteiger partial charge in [0.15, 0.2) is 5.58 Å². The number of benzene rings is 2. The molecule has 0 saturated carbocycles. The molecule has 96 valence electrons. The number of rotatable bonds is 1. The summed E-state index contributed by atoms with van der Waals surface area (Å²) in [5.74, 6) is 0.419. The molecule has 3 rings (SSSR count). The Morgan fingerprint density at radius 2 is 1.79 bits per heavy atom. The summed E-state index contributed by atoms with van der Waals surface area (Å²) < 4.78 is 5.63.